The number of halogens is 3. The molecular weight excluding hydrogens is 298 g/mol. The molecule has 0 bridgehead atoms. The number of thiophene rings is 1. The molecule has 1 atom stereocenters. The molecule has 1 nitrogen and oxygen atoms in total. The zero-order chi connectivity index (χ0) is 11.7. The standard InChI is InChI=1S/C11H7BrF2OS/c12-9-6(3-4-7(13)10(9)14)11(15)8-2-1-5-16-8/h1-5,11,15H. The van der Waals surface area contributed by atoms with Gasteiger partial charge in [-0.05, 0) is 33.4 Å². The Morgan fingerprint density at radius 2 is 2.00 bits per heavy atom. The monoisotopic (exact) mass is 304 g/mol. The highest BCUT2D eigenvalue weighted by atomic mass is 79.9. The summed E-state index contributed by atoms with van der Waals surface area (Å²) in [4.78, 5) is 0.687. The minimum Gasteiger partial charge on any atom is -0.383 e. The molecule has 1 aromatic heterocycles. The van der Waals surface area contributed by atoms with Crippen LogP contribution in [0.3, 0.4) is 0 Å². The van der Waals surface area contributed by atoms with E-state index in [-0.39, 0.29) is 4.47 Å². The predicted octanol–water partition coefficient (Wildman–Crippen LogP) is 3.87. The molecule has 84 valence electrons. The molecule has 1 unspecified atom stereocenters. The van der Waals surface area contributed by atoms with E-state index in [0.29, 0.717) is 10.4 Å². The predicted molar refractivity (Wildman–Crippen MR) is 62.4 cm³/mol. The molecule has 1 N–H and O–H groups in total. The van der Waals surface area contributed by atoms with Crippen molar-refractivity contribution in [2.45, 2.75) is 6.10 Å². The van der Waals surface area contributed by atoms with Crippen LogP contribution >= 0.6 is 27.3 Å². The molecule has 0 saturated carbocycles. The molecule has 0 radical (unpaired) electrons. The smallest absolute Gasteiger partial charge is 0.173 e. The molecule has 0 spiro atoms. The van der Waals surface area contributed by atoms with Crippen LogP contribution in [0.5, 0.6) is 0 Å². The Balaban J connectivity index is 2.45. The van der Waals surface area contributed by atoms with Crippen LogP contribution in [0.25, 0.3) is 0 Å². The second-order valence-electron chi connectivity index (χ2n) is 3.18. The molecule has 2 aromatic rings. The molecule has 0 amide bonds. The number of hydrogen-bond acceptors (Lipinski definition) is 2. The third-order valence-electron chi connectivity index (χ3n) is 2.17. The Morgan fingerprint density at radius 1 is 1.25 bits per heavy atom. The zero-order valence-corrected chi connectivity index (χ0v) is 10.4. The van der Waals surface area contributed by atoms with E-state index in [1.807, 2.05) is 5.38 Å². The fourth-order valence-corrected chi connectivity index (χ4v) is 2.62. The number of aliphatic hydroxyl groups excluding tert-OH is 1. The van der Waals surface area contributed by atoms with Crippen molar-refractivity contribution in [2.75, 3.05) is 0 Å². The highest BCUT2D eigenvalue weighted by molar-refractivity contribution is 9.10. The number of hydrogen-bond donors (Lipinski definition) is 1. The van der Waals surface area contributed by atoms with E-state index >= 15 is 0 Å². The van der Waals surface area contributed by atoms with Crippen LogP contribution in [0.4, 0.5) is 8.78 Å². The molecule has 5 heteroatoms. The maximum absolute atomic E-state index is 13.3. The van der Waals surface area contributed by atoms with Crippen LogP contribution in [-0.4, -0.2) is 5.11 Å². The Bertz CT molecular complexity index is 499. The maximum Gasteiger partial charge on any atom is 0.173 e. The van der Waals surface area contributed by atoms with E-state index in [1.54, 1.807) is 12.1 Å². The van der Waals surface area contributed by atoms with E-state index in [1.165, 1.54) is 17.4 Å². The summed E-state index contributed by atoms with van der Waals surface area (Å²) >= 11 is 4.30. The van der Waals surface area contributed by atoms with Crippen molar-refractivity contribution in [1.29, 1.82) is 0 Å². The first kappa shape index (κ1) is 11.7. The first-order valence-electron chi connectivity index (χ1n) is 4.46. The summed E-state index contributed by atoms with van der Waals surface area (Å²) in [6.07, 6.45) is -0.940. The summed E-state index contributed by atoms with van der Waals surface area (Å²) in [6.45, 7) is 0. The van der Waals surface area contributed by atoms with Gasteiger partial charge in [0, 0.05) is 10.4 Å². The quantitative estimate of drug-likeness (QED) is 0.835. The molecule has 0 aliphatic rings. The van der Waals surface area contributed by atoms with Crippen molar-refractivity contribution in [3.8, 4) is 0 Å². The normalized spacial score (nSPS) is 12.8. The van der Waals surface area contributed by atoms with Gasteiger partial charge in [-0.25, -0.2) is 8.78 Å². The van der Waals surface area contributed by atoms with Crippen LogP contribution in [0, 0.1) is 11.6 Å². The van der Waals surface area contributed by atoms with Gasteiger partial charge in [0.2, 0.25) is 0 Å². The van der Waals surface area contributed by atoms with Crippen molar-refractivity contribution in [2.24, 2.45) is 0 Å². The first-order chi connectivity index (χ1) is 7.61. The maximum atomic E-state index is 13.3. The number of rotatable bonds is 2. The Kier molecular flexibility index (Phi) is 3.37. The zero-order valence-electron chi connectivity index (χ0n) is 7.95. The lowest BCUT2D eigenvalue weighted by atomic mass is 10.1. The van der Waals surface area contributed by atoms with Gasteiger partial charge in [0.05, 0.1) is 4.47 Å². The van der Waals surface area contributed by atoms with E-state index in [9.17, 15) is 13.9 Å². The van der Waals surface area contributed by atoms with Gasteiger partial charge in [-0.15, -0.1) is 11.3 Å². The molecular formula is C11H7BrF2OS. The van der Waals surface area contributed by atoms with Crippen LogP contribution in [0.1, 0.15) is 16.5 Å². The van der Waals surface area contributed by atoms with Gasteiger partial charge in [-0.3, -0.25) is 0 Å². The fourth-order valence-electron chi connectivity index (χ4n) is 1.35. The lowest BCUT2D eigenvalue weighted by molar-refractivity contribution is 0.222. The molecule has 1 aromatic carbocycles. The largest absolute Gasteiger partial charge is 0.383 e. The van der Waals surface area contributed by atoms with Gasteiger partial charge in [0.25, 0.3) is 0 Å². The Labute approximate surface area is 103 Å². The van der Waals surface area contributed by atoms with Crippen LogP contribution in [0.2, 0.25) is 0 Å². The molecule has 1 heterocycles. The summed E-state index contributed by atoms with van der Waals surface area (Å²) in [6, 6.07) is 5.90. The number of aliphatic hydroxyl groups is 1. The van der Waals surface area contributed by atoms with Crippen LogP contribution in [0.15, 0.2) is 34.1 Å². The highest BCUT2D eigenvalue weighted by Crippen LogP contribution is 2.33. The average molecular weight is 305 g/mol. The Morgan fingerprint density at radius 3 is 2.62 bits per heavy atom. The lowest BCUT2D eigenvalue weighted by Crippen LogP contribution is -2.01. The second-order valence-corrected chi connectivity index (χ2v) is 4.95. The van der Waals surface area contributed by atoms with E-state index in [2.05, 4.69) is 15.9 Å². The van der Waals surface area contributed by atoms with Gasteiger partial charge >= 0.3 is 0 Å². The molecule has 16 heavy (non-hydrogen) atoms. The van der Waals surface area contributed by atoms with E-state index in [4.69, 9.17) is 0 Å². The van der Waals surface area contributed by atoms with Crippen molar-refractivity contribution in [1.82, 2.24) is 0 Å². The van der Waals surface area contributed by atoms with Crippen LogP contribution < -0.4 is 0 Å². The summed E-state index contributed by atoms with van der Waals surface area (Å²) in [5, 5.41) is 11.8. The minimum atomic E-state index is -0.979. The minimum absolute atomic E-state index is 0.0339. The molecule has 0 fully saturated rings. The molecule has 0 aliphatic heterocycles. The van der Waals surface area contributed by atoms with Crippen LogP contribution in [-0.2, 0) is 0 Å². The summed E-state index contributed by atoms with van der Waals surface area (Å²) in [5.74, 6) is -1.91. The third kappa shape index (κ3) is 2.03. The lowest BCUT2D eigenvalue weighted by Gasteiger charge is -2.11. The summed E-state index contributed by atoms with van der Waals surface area (Å²) in [5.41, 5.74) is 0.321. The van der Waals surface area contributed by atoms with Gasteiger partial charge in [0.15, 0.2) is 11.6 Å². The van der Waals surface area contributed by atoms with Crippen molar-refractivity contribution in [3.05, 3.63) is 56.2 Å². The van der Waals surface area contributed by atoms with Crippen molar-refractivity contribution < 1.29 is 13.9 Å². The molecule has 0 aliphatic carbocycles. The van der Waals surface area contributed by atoms with Crippen molar-refractivity contribution in [3.63, 3.8) is 0 Å². The SMILES string of the molecule is OC(c1cccs1)c1ccc(F)c(F)c1Br. The average Bonchev–Trinajstić information content (AvgIpc) is 2.79. The highest BCUT2D eigenvalue weighted by Gasteiger charge is 2.19. The van der Waals surface area contributed by atoms with E-state index < -0.39 is 17.7 Å². The van der Waals surface area contributed by atoms with Gasteiger partial charge in [-0.2, -0.15) is 0 Å². The van der Waals surface area contributed by atoms with Crippen molar-refractivity contribution >= 4 is 27.3 Å². The molecule has 2 rings (SSSR count). The first-order valence-corrected chi connectivity index (χ1v) is 6.13. The van der Waals surface area contributed by atoms with Gasteiger partial charge in [0.1, 0.15) is 6.10 Å². The summed E-state index contributed by atoms with van der Waals surface area (Å²) < 4.78 is 26.1. The number of benzene rings is 1. The summed E-state index contributed by atoms with van der Waals surface area (Å²) in [7, 11) is 0. The Hall–Kier alpha value is -0.780. The van der Waals surface area contributed by atoms with Gasteiger partial charge < -0.3 is 5.11 Å². The topological polar surface area (TPSA) is 20.2 Å². The third-order valence-corrected chi connectivity index (χ3v) is 3.90. The van der Waals surface area contributed by atoms with Gasteiger partial charge in [-0.1, -0.05) is 12.1 Å². The van der Waals surface area contributed by atoms with E-state index in [0.717, 1.165) is 6.07 Å². The second kappa shape index (κ2) is 4.61. The fraction of sp³-hybridized carbons (Fsp3) is 0.0909. The molecule has 0 saturated heterocycles.